The van der Waals surface area contributed by atoms with Crippen LogP contribution < -0.4 is 5.32 Å². The number of halogens is 1. The van der Waals surface area contributed by atoms with Crippen molar-refractivity contribution in [1.82, 2.24) is 5.32 Å². The van der Waals surface area contributed by atoms with Gasteiger partial charge in [0.05, 0.1) is 0 Å². The lowest BCUT2D eigenvalue weighted by Crippen LogP contribution is -2.12. The summed E-state index contributed by atoms with van der Waals surface area (Å²) in [5.74, 6) is 0. The molecule has 64 valence electrons. The summed E-state index contributed by atoms with van der Waals surface area (Å²) in [5.41, 5.74) is 0. The van der Waals surface area contributed by atoms with Crippen molar-refractivity contribution < 1.29 is 0 Å². The monoisotopic (exact) mass is 257 g/mol. The fraction of sp³-hybridized carbons (Fsp3) is 1.00. The van der Waals surface area contributed by atoms with Crippen LogP contribution in [-0.4, -0.2) is 13.1 Å². The summed E-state index contributed by atoms with van der Waals surface area (Å²) in [6.45, 7) is 6.50. The zero-order valence-electron chi connectivity index (χ0n) is 7.15. The van der Waals surface area contributed by atoms with Crippen LogP contribution >= 0.6 is 24.0 Å². The Morgan fingerprint density at radius 1 is 0.800 bits per heavy atom. The van der Waals surface area contributed by atoms with E-state index in [-0.39, 0.29) is 24.0 Å². The van der Waals surface area contributed by atoms with Crippen molar-refractivity contribution in [1.29, 1.82) is 0 Å². The zero-order chi connectivity index (χ0) is 6.95. The van der Waals surface area contributed by atoms with Crippen LogP contribution in [0.15, 0.2) is 0 Å². The lowest BCUT2D eigenvalue weighted by Gasteiger charge is -1.91. The van der Waals surface area contributed by atoms with Crippen molar-refractivity contribution >= 4 is 24.0 Å². The van der Waals surface area contributed by atoms with Gasteiger partial charge in [-0.25, -0.2) is 0 Å². The molecule has 0 amide bonds. The Balaban J connectivity index is 0. The first-order valence-corrected chi connectivity index (χ1v) is 4.21. The molecule has 0 radical (unpaired) electrons. The quantitative estimate of drug-likeness (QED) is 0.658. The smallest absolute Gasteiger partial charge is 0.00489 e. The van der Waals surface area contributed by atoms with Gasteiger partial charge >= 0.3 is 0 Å². The highest BCUT2D eigenvalue weighted by atomic mass is 127. The lowest BCUT2D eigenvalue weighted by molar-refractivity contribution is 0.702. The normalized spacial score (nSPS) is 17.4. The van der Waals surface area contributed by atoms with E-state index >= 15 is 0 Å². The molecule has 1 nitrogen and oxygen atoms in total. The highest BCUT2D eigenvalue weighted by Crippen LogP contribution is 2.00. The van der Waals surface area contributed by atoms with Crippen LogP contribution in [0, 0.1) is 0 Å². The van der Waals surface area contributed by atoms with Crippen LogP contribution in [0.25, 0.3) is 0 Å². The highest BCUT2D eigenvalue weighted by Gasteiger charge is 1.94. The van der Waals surface area contributed by atoms with Gasteiger partial charge < -0.3 is 5.32 Å². The van der Waals surface area contributed by atoms with Gasteiger partial charge in [0.15, 0.2) is 0 Å². The molecule has 0 unspecified atom stereocenters. The van der Waals surface area contributed by atoms with E-state index in [9.17, 15) is 0 Å². The Labute approximate surface area is 82.0 Å². The van der Waals surface area contributed by atoms with Crippen molar-refractivity contribution in [2.24, 2.45) is 0 Å². The van der Waals surface area contributed by atoms with Gasteiger partial charge in [0.2, 0.25) is 0 Å². The van der Waals surface area contributed by atoms with Crippen LogP contribution in [0.5, 0.6) is 0 Å². The Bertz CT molecular complexity index is 28.9. The van der Waals surface area contributed by atoms with Crippen LogP contribution in [-0.2, 0) is 0 Å². The molecule has 1 rings (SSSR count). The van der Waals surface area contributed by atoms with E-state index < -0.39 is 0 Å². The second-order valence-corrected chi connectivity index (χ2v) is 2.16. The summed E-state index contributed by atoms with van der Waals surface area (Å²) in [4.78, 5) is 0. The molecule has 1 saturated heterocycles. The molecule has 0 aromatic heterocycles. The molecule has 1 fully saturated rings. The van der Waals surface area contributed by atoms with Crippen molar-refractivity contribution in [3.05, 3.63) is 0 Å². The van der Waals surface area contributed by atoms with Crippen LogP contribution in [0.3, 0.4) is 0 Å². The third-order valence-electron chi connectivity index (χ3n) is 1.46. The van der Waals surface area contributed by atoms with Crippen molar-refractivity contribution in [3.63, 3.8) is 0 Å². The van der Waals surface area contributed by atoms with Crippen molar-refractivity contribution in [3.8, 4) is 0 Å². The van der Waals surface area contributed by atoms with E-state index in [1.54, 1.807) is 0 Å². The molecular formula is C8H20IN. The molecule has 0 spiro atoms. The molecular weight excluding hydrogens is 237 g/mol. The molecule has 0 atom stereocenters. The van der Waals surface area contributed by atoms with E-state index in [1.807, 2.05) is 13.8 Å². The molecule has 1 N–H and O–H groups in total. The highest BCUT2D eigenvalue weighted by molar-refractivity contribution is 14.0. The summed E-state index contributed by atoms with van der Waals surface area (Å²) in [7, 11) is 0. The second-order valence-electron chi connectivity index (χ2n) is 2.16. The predicted molar refractivity (Wildman–Crippen MR) is 58.1 cm³/mol. The molecule has 1 aliphatic heterocycles. The Hall–Kier alpha value is 0.690. The molecule has 1 aliphatic rings. The summed E-state index contributed by atoms with van der Waals surface area (Å²) in [6, 6.07) is 0. The largest absolute Gasteiger partial charge is 0.317 e. The molecule has 2 heteroatoms. The summed E-state index contributed by atoms with van der Waals surface area (Å²) in [5, 5.41) is 3.35. The Morgan fingerprint density at radius 3 is 1.60 bits per heavy atom. The average molecular weight is 257 g/mol. The summed E-state index contributed by atoms with van der Waals surface area (Å²) < 4.78 is 0. The molecule has 0 saturated carbocycles. The molecule has 1 heterocycles. The van der Waals surface area contributed by atoms with Gasteiger partial charge in [-0.05, 0) is 25.9 Å². The Kier molecular flexibility index (Phi) is 16.4. The topological polar surface area (TPSA) is 12.0 Å². The minimum atomic E-state index is 0. The standard InChI is InChI=1S/C6H13N.C2H6.HI/c1-2-4-6-7-5-3-1;1-2;/h7H,1-6H2;1-2H3;1H. The van der Waals surface area contributed by atoms with E-state index in [2.05, 4.69) is 5.32 Å². The Morgan fingerprint density at radius 2 is 1.20 bits per heavy atom. The summed E-state index contributed by atoms with van der Waals surface area (Å²) in [6.07, 6.45) is 5.65. The predicted octanol–water partition coefficient (Wildman–Crippen LogP) is 2.79. The maximum atomic E-state index is 3.35. The SMILES string of the molecule is C1CCCNCC1.CC.I. The van der Waals surface area contributed by atoms with Crippen LogP contribution in [0.1, 0.15) is 39.5 Å². The zero-order valence-corrected chi connectivity index (χ0v) is 9.48. The van der Waals surface area contributed by atoms with Gasteiger partial charge in [0, 0.05) is 0 Å². The van der Waals surface area contributed by atoms with Crippen LogP contribution in [0.4, 0.5) is 0 Å². The van der Waals surface area contributed by atoms with Crippen molar-refractivity contribution in [2.45, 2.75) is 39.5 Å². The first kappa shape index (κ1) is 13.3. The van der Waals surface area contributed by atoms with Gasteiger partial charge in [0.25, 0.3) is 0 Å². The van der Waals surface area contributed by atoms with E-state index in [0.717, 1.165) is 0 Å². The first-order chi connectivity index (χ1) is 4.50. The fourth-order valence-corrected chi connectivity index (χ4v) is 0.979. The second kappa shape index (κ2) is 12.4. The average Bonchev–Trinajstić information content (AvgIpc) is 2.21. The van der Waals surface area contributed by atoms with Gasteiger partial charge in [-0.2, -0.15) is 0 Å². The number of nitrogens with one attached hydrogen (secondary N) is 1. The minimum Gasteiger partial charge on any atom is -0.317 e. The fourth-order valence-electron chi connectivity index (χ4n) is 0.979. The first-order valence-electron chi connectivity index (χ1n) is 4.21. The van der Waals surface area contributed by atoms with E-state index in [1.165, 1.54) is 38.8 Å². The van der Waals surface area contributed by atoms with Gasteiger partial charge in [-0.1, -0.05) is 26.7 Å². The van der Waals surface area contributed by atoms with E-state index in [0.29, 0.717) is 0 Å². The van der Waals surface area contributed by atoms with Gasteiger partial charge in [0.1, 0.15) is 0 Å². The molecule has 10 heavy (non-hydrogen) atoms. The third kappa shape index (κ3) is 8.69. The summed E-state index contributed by atoms with van der Waals surface area (Å²) >= 11 is 0. The number of hydrogen-bond acceptors (Lipinski definition) is 1. The lowest BCUT2D eigenvalue weighted by atomic mass is 10.2. The molecule has 0 aromatic carbocycles. The molecule has 0 bridgehead atoms. The maximum Gasteiger partial charge on any atom is -0.00489 e. The maximum absolute atomic E-state index is 3.35. The molecule has 0 aromatic rings. The third-order valence-corrected chi connectivity index (χ3v) is 1.46. The van der Waals surface area contributed by atoms with Crippen molar-refractivity contribution in [2.75, 3.05) is 13.1 Å². The van der Waals surface area contributed by atoms with Crippen LogP contribution in [0.2, 0.25) is 0 Å². The van der Waals surface area contributed by atoms with E-state index in [4.69, 9.17) is 0 Å². The van der Waals surface area contributed by atoms with Gasteiger partial charge in [-0.3, -0.25) is 0 Å². The number of hydrogen-bond donors (Lipinski definition) is 1. The number of rotatable bonds is 0. The minimum absolute atomic E-state index is 0. The van der Waals surface area contributed by atoms with Gasteiger partial charge in [-0.15, -0.1) is 24.0 Å². The molecule has 0 aliphatic carbocycles.